The van der Waals surface area contributed by atoms with Crippen LogP contribution in [0.4, 0.5) is 10.2 Å². The third-order valence-electron chi connectivity index (χ3n) is 4.02. The molecule has 1 aromatic heterocycles. The smallest absolute Gasteiger partial charge is 0.128 e. The highest BCUT2D eigenvalue weighted by molar-refractivity contribution is 6.01. The van der Waals surface area contributed by atoms with Crippen molar-refractivity contribution in [1.29, 1.82) is 0 Å². The second-order valence-electron chi connectivity index (χ2n) is 5.50. The van der Waals surface area contributed by atoms with Crippen LogP contribution in [0.15, 0.2) is 53.8 Å². The maximum absolute atomic E-state index is 13.0. The van der Waals surface area contributed by atoms with Crippen LogP contribution in [0.2, 0.25) is 0 Å². The van der Waals surface area contributed by atoms with E-state index in [1.807, 2.05) is 18.2 Å². The van der Waals surface area contributed by atoms with Crippen molar-refractivity contribution in [2.24, 2.45) is 5.16 Å². The molecule has 0 spiro atoms. The molecule has 1 aliphatic heterocycles. The highest BCUT2D eigenvalue weighted by Gasteiger charge is 2.19. The Morgan fingerprint density at radius 1 is 1.09 bits per heavy atom. The molecule has 6 heteroatoms. The fraction of sp³-hybridized carbons (Fsp3) is 0.294. The summed E-state index contributed by atoms with van der Waals surface area (Å²) in [6.07, 6.45) is 1.80. The number of halogens is 1. The van der Waals surface area contributed by atoms with E-state index in [-0.39, 0.29) is 5.82 Å². The summed E-state index contributed by atoms with van der Waals surface area (Å²) < 4.78 is 13.0. The van der Waals surface area contributed by atoms with Crippen LogP contribution in [0.25, 0.3) is 0 Å². The molecule has 23 heavy (non-hydrogen) atoms. The normalized spacial score (nSPS) is 16.6. The Balaban J connectivity index is 1.58. The number of piperazine rings is 1. The van der Waals surface area contributed by atoms with Gasteiger partial charge >= 0.3 is 0 Å². The van der Waals surface area contributed by atoms with Gasteiger partial charge < -0.3 is 10.1 Å². The molecule has 1 aliphatic rings. The van der Waals surface area contributed by atoms with Gasteiger partial charge in [-0.25, -0.2) is 9.37 Å². The van der Waals surface area contributed by atoms with E-state index >= 15 is 0 Å². The molecule has 0 aliphatic carbocycles. The molecule has 0 atom stereocenters. The first kappa shape index (κ1) is 15.4. The SMILES string of the molecule is O/N=C(\CN1CCN(c2ccccn2)CC1)c1ccc(F)cc1. The van der Waals surface area contributed by atoms with Crippen LogP contribution in [-0.4, -0.2) is 53.5 Å². The number of oxime groups is 1. The minimum Gasteiger partial charge on any atom is -0.411 e. The Kier molecular flexibility index (Phi) is 4.83. The van der Waals surface area contributed by atoms with Gasteiger partial charge in [0.2, 0.25) is 0 Å². The van der Waals surface area contributed by atoms with Crippen LogP contribution < -0.4 is 4.90 Å². The number of anilines is 1. The molecule has 2 aromatic rings. The molecule has 0 unspecified atom stereocenters. The molecule has 1 N–H and O–H groups in total. The van der Waals surface area contributed by atoms with Gasteiger partial charge in [0.05, 0.1) is 0 Å². The molecule has 0 amide bonds. The maximum atomic E-state index is 13.0. The van der Waals surface area contributed by atoms with Gasteiger partial charge in [0, 0.05) is 44.5 Å². The van der Waals surface area contributed by atoms with Crippen LogP contribution in [-0.2, 0) is 0 Å². The molecule has 0 saturated carbocycles. The van der Waals surface area contributed by atoms with E-state index in [9.17, 15) is 9.60 Å². The van der Waals surface area contributed by atoms with Crippen molar-refractivity contribution in [1.82, 2.24) is 9.88 Å². The zero-order valence-electron chi connectivity index (χ0n) is 12.8. The molecular weight excluding hydrogens is 295 g/mol. The summed E-state index contributed by atoms with van der Waals surface area (Å²) in [7, 11) is 0. The zero-order chi connectivity index (χ0) is 16.1. The molecule has 0 bridgehead atoms. The lowest BCUT2D eigenvalue weighted by molar-refractivity contribution is 0.280. The van der Waals surface area contributed by atoms with Gasteiger partial charge in [0.1, 0.15) is 17.3 Å². The first-order valence-corrected chi connectivity index (χ1v) is 7.61. The average Bonchev–Trinajstić information content (AvgIpc) is 2.62. The van der Waals surface area contributed by atoms with Crippen molar-refractivity contribution < 1.29 is 9.60 Å². The lowest BCUT2D eigenvalue weighted by Gasteiger charge is -2.35. The largest absolute Gasteiger partial charge is 0.411 e. The Bertz CT molecular complexity index is 652. The van der Waals surface area contributed by atoms with Crippen molar-refractivity contribution in [2.45, 2.75) is 0 Å². The van der Waals surface area contributed by atoms with Gasteiger partial charge in [-0.15, -0.1) is 0 Å². The quantitative estimate of drug-likeness (QED) is 0.534. The summed E-state index contributed by atoms with van der Waals surface area (Å²) in [5.74, 6) is 0.691. The predicted octanol–water partition coefficient (Wildman–Crippen LogP) is 2.22. The fourth-order valence-corrected chi connectivity index (χ4v) is 2.71. The number of aromatic nitrogens is 1. The van der Waals surface area contributed by atoms with Gasteiger partial charge in [-0.1, -0.05) is 23.4 Å². The fourth-order valence-electron chi connectivity index (χ4n) is 2.71. The van der Waals surface area contributed by atoms with E-state index in [4.69, 9.17) is 0 Å². The second-order valence-corrected chi connectivity index (χ2v) is 5.50. The van der Waals surface area contributed by atoms with Crippen molar-refractivity contribution in [2.75, 3.05) is 37.6 Å². The van der Waals surface area contributed by atoms with Crippen LogP contribution in [0.5, 0.6) is 0 Å². The first-order chi connectivity index (χ1) is 11.3. The van der Waals surface area contributed by atoms with E-state index in [1.54, 1.807) is 18.3 Å². The van der Waals surface area contributed by atoms with E-state index < -0.39 is 0 Å². The van der Waals surface area contributed by atoms with Crippen molar-refractivity contribution >= 4 is 11.5 Å². The summed E-state index contributed by atoms with van der Waals surface area (Å²) in [4.78, 5) is 8.83. The predicted molar refractivity (Wildman–Crippen MR) is 87.6 cm³/mol. The molecule has 5 nitrogen and oxygen atoms in total. The third-order valence-corrected chi connectivity index (χ3v) is 4.02. The molecule has 1 fully saturated rings. The van der Waals surface area contributed by atoms with Crippen molar-refractivity contribution in [3.05, 3.63) is 60.0 Å². The topological polar surface area (TPSA) is 52.0 Å². The lowest BCUT2D eigenvalue weighted by Crippen LogP contribution is -2.48. The minimum atomic E-state index is -0.296. The van der Waals surface area contributed by atoms with Gasteiger partial charge in [0.25, 0.3) is 0 Å². The third kappa shape index (κ3) is 3.84. The average molecular weight is 314 g/mol. The molecule has 1 saturated heterocycles. The number of pyridine rings is 1. The van der Waals surface area contributed by atoms with Crippen LogP contribution >= 0.6 is 0 Å². The van der Waals surface area contributed by atoms with Gasteiger partial charge in [-0.05, 0) is 24.3 Å². The summed E-state index contributed by atoms with van der Waals surface area (Å²) in [5.41, 5.74) is 1.29. The van der Waals surface area contributed by atoms with Gasteiger partial charge in [-0.3, -0.25) is 4.90 Å². The van der Waals surface area contributed by atoms with Crippen molar-refractivity contribution in [3.8, 4) is 0 Å². The number of hydrogen-bond acceptors (Lipinski definition) is 5. The molecule has 0 radical (unpaired) electrons. The van der Waals surface area contributed by atoms with Gasteiger partial charge in [-0.2, -0.15) is 0 Å². The van der Waals surface area contributed by atoms with Gasteiger partial charge in [0.15, 0.2) is 0 Å². The Morgan fingerprint density at radius 2 is 1.83 bits per heavy atom. The summed E-state index contributed by atoms with van der Waals surface area (Å²) in [5, 5.41) is 12.6. The molecule has 1 aromatic carbocycles. The summed E-state index contributed by atoms with van der Waals surface area (Å²) in [6.45, 7) is 4.00. The highest BCUT2D eigenvalue weighted by atomic mass is 19.1. The van der Waals surface area contributed by atoms with Crippen LogP contribution in [0.1, 0.15) is 5.56 Å². The van der Waals surface area contributed by atoms with E-state index in [0.29, 0.717) is 12.3 Å². The van der Waals surface area contributed by atoms with E-state index in [2.05, 4.69) is 19.9 Å². The maximum Gasteiger partial charge on any atom is 0.128 e. The Labute approximate surface area is 134 Å². The zero-order valence-corrected chi connectivity index (χ0v) is 12.8. The molecular formula is C17H19FN4O. The monoisotopic (exact) mass is 314 g/mol. The van der Waals surface area contributed by atoms with E-state index in [0.717, 1.165) is 37.6 Å². The van der Waals surface area contributed by atoms with Crippen molar-refractivity contribution in [3.63, 3.8) is 0 Å². The first-order valence-electron chi connectivity index (χ1n) is 7.61. The minimum absolute atomic E-state index is 0.296. The summed E-state index contributed by atoms with van der Waals surface area (Å²) in [6, 6.07) is 11.9. The Morgan fingerprint density at radius 3 is 2.43 bits per heavy atom. The number of nitrogens with zero attached hydrogens (tertiary/aromatic N) is 4. The van der Waals surface area contributed by atoms with Crippen LogP contribution in [0.3, 0.4) is 0 Å². The standard InChI is InChI=1S/C17H19FN4O/c18-15-6-4-14(5-7-15)16(20-23)13-21-9-11-22(12-10-21)17-3-1-2-8-19-17/h1-8,23H,9-13H2/b20-16+. The second kappa shape index (κ2) is 7.19. The number of rotatable bonds is 4. The molecule has 2 heterocycles. The Hall–Kier alpha value is -2.47. The highest BCUT2D eigenvalue weighted by Crippen LogP contribution is 2.13. The summed E-state index contributed by atoms with van der Waals surface area (Å²) >= 11 is 0. The molecule has 120 valence electrons. The van der Waals surface area contributed by atoms with E-state index in [1.165, 1.54) is 12.1 Å². The number of benzene rings is 1. The van der Waals surface area contributed by atoms with Crippen LogP contribution in [0, 0.1) is 5.82 Å². The number of hydrogen-bond donors (Lipinski definition) is 1. The molecule has 3 rings (SSSR count). The lowest BCUT2D eigenvalue weighted by atomic mass is 10.1.